The molecule has 1 saturated heterocycles. The van der Waals surface area contributed by atoms with E-state index < -0.39 is 5.91 Å². The van der Waals surface area contributed by atoms with Gasteiger partial charge in [0.25, 0.3) is 11.8 Å². The first kappa shape index (κ1) is 26.1. The Kier molecular flexibility index (Phi) is 7.28. The summed E-state index contributed by atoms with van der Waals surface area (Å²) in [6, 6.07) is 15.0. The van der Waals surface area contributed by atoms with E-state index in [0.29, 0.717) is 55.4 Å². The van der Waals surface area contributed by atoms with Gasteiger partial charge in [-0.05, 0) is 86.6 Å². The van der Waals surface area contributed by atoms with E-state index in [2.05, 4.69) is 5.10 Å². The second-order valence-electron chi connectivity index (χ2n) is 11.0. The fourth-order valence-electron chi connectivity index (χ4n) is 6.13. The molecule has 1 saturated carbocycles. The van der Waals surface area contributed by atoms with Gasteiger partial charge in [-0.3, -0.25) is 14.4 Å². The van der Waals surface area contributed by atoms with Gasteiger partial charge in [0.2, 0.25) is 5.91 Å². The number of anilines is 2. The molecule has 0 atom stereocenters. The minimum Gasteiger partial charge on any atom is -0.493 e. The number of nitrogens with zero attached hydrogens (tertiary/aromatic N) is 4. The van der Waals surface area contributed by atoms with Crippen molar-refractivity contribution in [2.45, 2.75) is 57.8 Å². The lowest BCUT2D eigenvalue weighted by molar-refractivity contribution is -0.119. The lowest BCUT2D eigenvalue weighted by atomic mass is 9.90. The molecule has 9 heteroatoms. The van der Waals surface area contributed by atoms with Gasteiger partial charge >= 0.3 is 0 Å². The van der Waals surface area contributed by atoms with Crippen LogP contribution >= 0.6 is 0 Å². The molecule has 3 amide bonds. The molecule has 0 unspecified atom stereocenters. The molecule has 0 spiro atoms. The summed E-state index contributed by atoms with van der Waals surface area (Å²) in [7, 11) is 0. The fourth-order valence-corrected chi connectivity index (χ4v) is 6.13. The lowest BCUT2D eigenvalue weighted by Gasteiger charge is -2.29. The topological polar surface area (TPSA) is 111 Å². The van der Waals surface area contributed by atoms with Crippen LogP contribution in [0.2, 0.25) is 0 Å². The predicted octanol–water partition coefficient (Wildman–Crippen LogP) is 4.65. The van der Waals surface area contributed by atoms with Gasteiger partial charge in [-0.25, -0.2) is 4.68 Å². The van der Waals surface area contributed by atoms with Gasteiger partial charge in [-0.2, -0.15) is 5.10 Å². The number of ether oxygens (including phenoxy) is 1. The van der Waals surface area contributed by atoms with Gasteiger partial charge in [0, 0.05) is 36.4 Å². The summed E-state index contributed by atoms with van der Waals surface area (Å²) in [4.78, 5) is 41.9. The van der Waals surface area contributed by atoms with E-state index in [9.17, 15) is 14.4 Å². The van der Waals surface area contributed by atoms with Gasteiger partial charge in [0.05, 0.1) is 12.3 Å². The van der Waals surface area contributed by atoms with Gasteiger partial charge in [-0.1, -0.05) is 19.3 Å². The van der Waals surface area contributed by atoms with Crippen molar-refractivity contribution < 1.29 is 19.1 Å². The maximum atomic E-state index is 13.9. The molecule has 2 N–H and O–H groups in total. The second-order valence-corrected chi connectivity index (χ2v) is 11.0. The maximum absolute atomic E-state index is 13.9. The van der Waals surface area contributed by atoms with E-state index in [4.69, 9.17) is 10.5 Å². The summed E-state index contributed by atoms with van der Waals surface area (Å²) in [6.45, 7) is 1.82. The number of carbonyl (C=O) groups excluding carboxylic acids is 3. The van der Waals surface area contributed by atoms with E-state index in [0.717, 1.165) is 30.0 Å². The average molecular weight is 542 g/mol. The summed E-state index contributed by atoms with van der Waals surface area (Å²) in [5, 5.41) is 4.48. The third kappa shape index (κ3) is 5.08. The predicted molar refractivity (Wildman–Crippen MR) is 152 cm³/mol. The SMILES string of the molecule is NC(=O)c1nn(-c2ccc(OCC3CCCCC3)cc2)c2c1CCN(c1ccc(N3CCCCC3=O)cc1)C2=O. The van der Waals surface area contributed by atoms with Crippen molar-refractivity contribution in [2.75, 3.05) is 29.5 Å². The van der Waals surface area contributed by atoms with E-state index in [-0.39, 0.29) is 17.5 Å². The zero-order chi connectivity index (χ0) is 27.6. The second kappa shape index (κ2) is 11.2. The zero-order valence-corrected chi connectivity index (χ0v) is 22.7. The molecule has 1 aliphatic carbocycles. The van der Waals surface area contributed by atoms with Crippen LogP contribution in [-0.2, 0) is 11.2 Å². The third-order valence-electron chi connectivity index (χ3n) is 8.34. The van der Waals surface area contributed by atoms with Crippen LogP contribution < -0.4 is 20.3 Å². The Hall–Kier alpha value is -4.14. The van der Waals surface area contributed by atoms with Crippen LogP contribution in [0.15, 0.2) is 48.5 Å². The first-order chi connectivity index (χ1) is 19.5. The zero-order valence-electron chi connectivity index (χ0n) is 22.7. The molecule has 2 fully saturated rings. The van der Waals surface area contributed by atoms with Gasteiger partial charge in [0.15, 0.2) is 5.69 Å². The molecule has 6 rings (SSSR count). The highest BCUT2D eigenvalue weighted by molar-refractivity contribution is 6.09. The molecular weight excluding hydrogens is 506 g/mol. The minimum absolute atomic E-state index is 0.125. The van der Waals surface area contributed by atoms with E-state index in [1.807, 2.05) is 48.5 Å². The van der Waals surface area contributed by atoms with Crippen LogP contribution in [0.4, 0.5) is 11.4 Å². The van der Waals surface area contributed by atoms with Crippen molar-refractivity contribution >= 4 is 29.1 Å². The van der Waals surface area contributed by atoms with Gasteiger partial charge in [-0.15, -0.1) is 0 Å². The summed E-state index contributed by atoms with van der Waals surface area (Å²) in [5.74, 6) is 0.597. The molecule has 2 aromatic carbocycles. The largest absolute Gasteiger partial charge is 0.493 e. The summed E-state index contributed by atoms with van der Waals surface area (Å²) >= 11 is 0. The molecule has 2 aliphatic heterocycles. The quantitative estimate of drug-likeness (QED) is 0.468. The standard InChI is InChI=1S/C31H35N5O4/c32-30(38)28-26-17-19-35(23-11-9-22(10-12-23)34-18-5-4-8-27(34)37)31(39)29(26)36(33-28)24-13-15-25(16-14-24)40-20-21-6-2-1-3-7-21/h9-16,21H,1-8,17-20H2,(H2,32,38). The Labute approximate surface area is 233 Å². The number of amides is 3. The molecule has 3 aliphatic rings. The molecule has 0 bridgehead atoms. The number of aromatic nitrogens is 2. The number of nitrogens with two attached hydrogens (primary N) is 1. The number of fused-ring (bicyclic) bond motifs is 1. The van der Waals surface area contributed by atoms with E-state index in [1.165, 1.54) is 36.8 Å². The summed E-state index contributed by atoms with van der Waals surface area (Å²) < 4.78 is 7.57. The van der Waals surface area contributed by atoms with Crippen LogP contribution in [0.5, 0.6) is 5.75 Å². The van der Waals surface area contributed by atoms with Crippen LogP contribution in [0, 0.1) is 5.92 Å². The monoisotopic (exact) mass is 541 g/mol. The normalized spacial score (nSPS) is 18.1. The molecule has 9 nitrogen and oxygen atoms in total. The van der Waals surface area contributed by atoms with Gasteiger partial charge in [0.1, 0.15) is 11.4 Å². The summed E-state index contributed by atoms with van der Waals surface area (Å²) in [5.41, 5.74) is 8.92. The Bertz CT molecular complexity index is 1410. The van der Waals surface area contributed by atoms with Crippen molar-refractivity contribution in [3.63, 3.8) is 0 Å². The number of benzene rings is 2. The molecule has 3 heterocycles. The highest BCUT2D eigenvalue weighted by Gasteiger charge is 2.34. The maximum Gasteiger partial charge on any atom is 0.277 e. The molecule has 1 aromatic heterocycles. The molecule has 3 aromatic rings. The molecular formula is C31H35N5O4. The van der Waals surface area contributed by atoms with Crippen LogP contribution in [-0.4, -0.2) is 47.2 Å². The van der Waals surface area contributed by atoms with Crippen molar-refractivity contribution in [1.29, 1.82) is 0 Å². The van der Waals surface area contributed by atoms with Crippen molar-refractivity contribution in [2.24, 2.45) is 11.7 Å². The average Bonchev–Trinajstić information content (AvgIpc) is 3.39. The first-order valence-electron chi connectivity index (χ1n) is 14.4. The number of carbonyl (C=O) groups is 3. The van der Waals surface area contributed by atoms with Crippen molar-refractivity contribution in [3.05, 3.63) is 65.5 Å². The van der Waals surface area contributed by atoms with Crippen LogP contribution in [0.25, 0.3) is 5.69 Å². The first-order valence-corrected chi connectivity index (χ1v) is 14.4. The fraction of sp³-hybridized carbons (Fsp3) is 0.419. The number of hydrogen-bond acceptors (Lipinski definition) is 5. The lowest BCUT2D eigenvalue weighted by Crippen LogP contribution is -2.39. The highest BCUT2D eigenvalue weighted by Crippen LogP contribution is 2.31. The van der Waals surface area contributed by atoms with Crippen molar-refractivity contribution in [1.82, 2.24) is 9.78 Å². The molecule has 208 valence electrons. The Morgan fingerprint density at radius 1 is 0.825 bits per heavy atom. The number of rotatable bonds is 7. The minimum atomic E-state index is -0.653. The van der Waals surface area contributed by atoms with Crippen LogP contribution in [0.1, 0.15) is 77.9 Å². The van der Waals surface area contributed by atoms with Crippen LogP contribution in [0.3, 0.4) is 0 Å². The highest BCUT2D eigenvalue weighted by atomic mass is 16.5. The number of hydrogen-bond donors (Lipinski definition) is 1. The Morgan fingerprint density at radius 2 is 1.50 bits per heavy atom. The van der Waals surface area contributed by atoms with Crippen molar-refractivity contribution in [3.8, 4) is 11.4 Å². The summed E-state index contributed by atoms with van der Waals surface area (Å²) in [6.07, 6.45) is 9.21. The van der Waals surface area contributed by atoms with E-state index >= 15 is 0 Å². The number of primary amides is 1. The third-order valence-corrected chi connectivity index (χ3v) is 8.34. The smallest absolute Gasteiger partial charge is 0.277 e. The molecule has 0 radical (unpaired) electrons. The van der Waals surface area contributed by atoms with Gasteiger partial charge < -0.3 is 20.3 Å². The Balaban J connectivity index is 1.24. The van der Waals surface area contributed by atoms with E-state index in [1.54, 1.807) is 9.80 Å². The number of piperidine rings is 1. The Morgan fingerprint density at radius 3 is 2.17 bits per heavy atom. The molecule has 40 heavy (non-hydrogen) atoms.